The van der Waals surface area contributed by atoms with Gasteiger partial charge >= 0.3 is 6.61 Å². The molecule has 72 valence electrons. The number of pyridine rings is 1. The fourth-order valence-corrected chi connectivity index (χ4v) is 0.869. The molecule has 0 aromatic carbocycles. The van der Waals surface area contributed by atoms with Crippen LogP contribution in [0, 0.1) is 0 Å². The van der Waals surface area contributed by atoms with E-state index >= 15 is 0 Å². The minimum atomic E-state index is -2.79. The van der Waals surface area contributed by atoms with Gasteiger partial charge in [-0.15, -0.1) is 0 Å². The highest BCUT2D eigenvalue weighted by molar-refractivity contribution is 5.19. The van der Waals surface area contributed by atoms with Gasteiger partial charge in [0.05, 0.1) is 11.9 Å². The SMILES string of the molecule is CNCc1ccc(OC(F)F)cn1. The third kappa shape index (κ3) is 3.33. The molecule has 1 rings (SSSR count). The second kappa shape index (κ2) is 4.71. The quantitative estimate of drug-likeness (QED) is 0.775. The summed E-state index contributed by atoms with van der Waals surface area (Å²) >= 11 is 0. The summed E-state index contributed by atoms with van der Waals surface area (Å²) in [6.07, 6.45) is 1.28. The van der Waals surface area contributed by atoms with Crippen molar-refractivity contribution in [2.75, 3.05) is 7.05 Å². The predicted molar refractivity (Wildman–Crippen MR) is 43.6 cm³/mol. The fraction of sp³-hybridized carbons (Fsp3) is 0.375. The number of nitrogens with zero attached hydrogens (tertiary/aromatic N) is 1. The van der Waals surface area contributed by atoms with Crippen LogP contribution in [-0.2, 0) is 6.54 Å². The number of rotatable bonds is 4. The van der Waals surface area contributed by atoms with Crippen molar-refractivity contribution in [3.8, 4) is 5.75 Å². The molecular formula is C8H10F2N2O. The van der Waals surface area contributed by atoms with Gasteiger partial charge in [-0.05, 0) is 19.2 Å². The van der Waals surface area contributed by atoms with E-state index in [4.69, 9.17) is 0 Å². The molecule has 5 heteroatoms. The van der Waals surface area contributed by atoms with Crippen molar-refractivity contribution < 1.29 is 13.5 Å². The molecule has 1 heterocycles. The molecule has 0 unspecified atom stereocenters. The van der Waals surface area contributed by atoms with Gasteiger partial charge in [0.1, 0.15) is 5.75 Å². The van der Waals surface area contributed by atoms with Gasteiger partial charge in [0.25, 0.3) is 0 Å². The van der Waals surface area contributed by atoms with Crippen molar-refractivity contribution in [2.24, 2.45) is 0 Å². The summed E-state index contributed by atoms with van der Waals surface area (Å²) in [5.74, 6) is 0.0786. The first-order chi connectivity index (χ1) is 6.22. The number of hydrogen-bond donors (Lipinski definition) is 1. The van der Waals surface area contributed by atoms with E-state index in [0.717, 1.165) is 5.69 Å². The molecule has 0 saturated carbocycles. The van der Waals surface area contributed by atoms with Gasteiger partial charge in [0.2, 0.25) is 0 Å². The lowest BCUT2D eigenvalue weighted by molar-refractivity contribution is -0.0500. The zero-order valence-electron chi connectivity index (χ0n) is 7.13. The van der Waals surface area contributed by atoms with Gasteiger partial charge in [0, 0.05) is 6.54 Å². The molecule has 0 atom stereocenters. The summed E-state index contributed by atoms with van der Waals surface area (Å²) in [5, 5.41) is 2.89. The summed E-state index contributed by atoms with van der Waals surface area (Å²) < 4.78 is 27.5. The van der Waals surface area contributed by atoms with Gasteiger partial charge in [-0.3, -0.25) is 4.98 Å². The number of alkyl halides is 2. The molecule has 0 aliphatic rings. The Bertz CT molecular complexity index is 251. The Balaban J connectivity index is 2.59. The van der Waals surface area contributed by atoms with Crippen molar-refractivity contribution in [1.29, 1.82) is 0 Å². The fourth-order valence-electron chi connectivity index (χ4n) is 0.869. The van der Waals surface area contributed by atoms with Crippen LogP contribution in [-0.4, -0.2) is 18.6 Å². The number of halogens is 2. The zero-order chi connectivity index (χ0) is 9.68. The Hall–Kier alpha value is -1.23. The lowest BCUT2D eigenvalue weighted by atomic mass is 10.3. The van der Waals surface area contributed by atoms with E-state index < -0.39 is 6.61 Å². The molecule has 0 spiro atoms. The molecule has 0 amide bonds. The molecule has 0 radical (unpaired) electrons. The van der Waals surface area contributed by atoms with Crippen LogP contribution in [0.15, 0.2) is 18.3 Å². The van der Waals surface area contributed by atoms with E-state index in [0.29, 0.717) is 6.54 Å². The van der Waals surface area contributed by atoms with Gasteiger partial charge in [0.15, 0.2) is 0 Å². The second-order valence-corrected chi connectivity index (χ2v) is 2.39. The summed E-state index contributed by atoms with van der Waals surface area (Å²) in [6.45, 7) is -2.19. The van der Waals surface area contributed by atoms with Crippen molar-refractivity contribution >= 4 is 0 Å². The summed E-state index contributed by atoms with van der Waals surface area (Å²) in [6, 6.07) is 3.10. The van der Waals surface area contributed by atoms with Gasteiger partial charge < -0.3 is 10.1 Å². The first-order valence-electron chi connectivity index (χ1n) is 3.76. The van der Waals surface area contributed by atoms with Crippen LogP contribution in [0.25, 0.3) is 0 Å². The molecular weight excluding hydrogens is 178 g/mol. The molecule has 13 heavy (non-hydrogen) atoms. The van der Waals surface area contributed by atoms with Crippen LogP contribution >= 0.6 is 0 Å². The van der Waals surface area contributed by atoms with Crippen molar-refractivity contribution in [3.05, 3.63) is 24.0 Å². The van der Waals surface area contributed by atoms with Crippen LogP contribution in [0.2, 0.25) is 0 Å². The number of aromatic nitrogens is 1. The average molecular weight is 188 g/mol. The molecule has 0 saturated heterocycles. The maximum atomic E-state index is 11.7. The average Bonchev–Trinajstić information content (AvgIpc) is 2.08. The molecule has 1 N–H and O–H groups in total. The topological polar surface area (TPSA) is 34.1 Å². The van der Waals surface area contributed by atoms with E-state index in [-0.39, 0.29) is 5.75 Å². The van der Waals surface area contributed by atoms with Crippen LogP contribution in [0.4, 0.5) is 8.78 Å². The molecule has 0 aliphatic carbocycles. The van der Waals surface area contributed by atoms with Gasteiger partial charge in [-0.1, -0.05) is 0 Å². The molecule has 1 aromatic heterocycles. The van der Waals surface area contributed by atoms with E-state index in [1.165, 1.54) is 12.3 Å². The summed E-state index contributed by atoms with van der Waals surface area (Å²) in [7, 11) is 1.78. The first-order valence-corrected chi connectivity index (χ1v) is 3.76. The molecule has 0 aliphatic heterocycles. The lowest BCUT2D eigenvalue weighted by Gasteiger charge is -2.04. The van der Waals surface area contributed by atoms with Crippen molar-refractivity contribution in [2.45, 2.75) is 13.2 Å². The van der Waals surface area contributed by atoms with Crippen LogP contribution in [0.3, 0.4) is 0 Å². The highest BCUT2D eigenvalue weighted by atomic mass is 19.3. The maximum Gasteiger partial charge on any atom is 0.387 e. The Morgan fingerprint density at radius 1 is 1.54 bits per heavy atom. The van der Waals surface area contributed by atoms with Crippen LogP contribution in [0.1, 0.15) is 5.69 Å². The highest BCUT2D eigenvalue weighted by Crippen LogP contribution is 2.11. The highest BCUT2D eigenvalue weighted by Gasteiger charge is 2.03. The minimum Gasteiger partial charge on any atom is -0.433 e. The third-order valence-corrected chi connectivity index (χ3v) is 1.38. The maximum absolute atomic E-state index is 11.7. The summed E-state index contributed by atoms with van der Waals surface area (Å²) in [4.78, 5) is 3.90. The summed E-state index contributed by atoms with van der Waals surface area (Å²) in [5.41, 5.74) is 0.782. The monoisotopic (exact) mass is 188 g/mol. The standard InChI is InChI=1S/C8H10F2N2O/c1-11-4-6-2-3-7(5-12-6)13-8(9)10/h2-3,5,8,11H,4H2,1H3. The lowest BCUT2D eigenvalue weighted by Crippen LogP contribution is -2.07. The molecule has 0 bridgehead atoms. The van der Waals surface area contributed by atoms with Gasteiger partial charge in [-0.2, -0.15) is 8.78 Å². The Kier molecular flexibility index (Phi) is 3.57. The number of hydrogen-bond acceptors (Lipinski definition) is 3. The Morgan fingerprint density at radius 3 is 2.77 bits per heavy atom. The second-order valence-electron chi connectivity index (χ2n) is 2.39. The zero-order valence-corrected chi connectivity index (χ0v) is 7.13. The van der Waals surface area contributed by atoms with Gasteiger partial charge in [-0.25, -0.2) is 0 Å². The third-order valence-electron chi connectivity index (χ3n) is 1.38. The smallest absolute Gasteiger partial charge is 0.387 e. The minimum absolute atomic E-state index is 0.0786. The normalized spacial score (nSPS) is 10.5. The van der Waals surface area contributed by atoms with E-state index in [1.54, 1.807) is 13.1 Å². The van der Waals surface area contributed by atoms with Crippen LogP contribution in [0.5, 0.6) is 5.75 Å². The predicted octanol–water partition coefficient (Wildman–Crippen LogP) is 1.40. The Labute approximate surface area is 74.7 Å². The largest absolute Gasteiger partial charge is 0.433 e. The first kappa shape index (κ1) is 9.85. The van der Waals surface area contributed by atoms with Crippen molar-refractivity contribution in [3.63, 3.8) is 0 Å². The van der Waals surface area contributed by atoms with Crippen LogP contribution < -0.4 is 10.1 Å². The van der Waals surface area contributed by atoms with E-state index in [1.807, 2.05) is 0 Å². The van der Waals surface area contributed by atoms with E-state index in [9.17, 15) is 8.78 Å². The molecule has 1 aromatic rings. The molecule has 0 fully saturated rings. The van der Waals surface area contributed by atoms with E-state index in [2.05, 4.69) is 15.0 Å². The number of ether oxygens (including phenoxy) is 1. The number of nitrogens with one attached hydrogen (secondary N) is 1. The Morgan fingerprint density at radius 2 is 2.31 bits per heavy atom. The van der Waals surface area contributed by atoms with Crippen molar-refractivity contribution in [1.82, 2.24) is 10.3 Å². The molecule has 3 nitrogen and oxygen atoms in total.